The van der Waals surface area contributed by atoms with Crippen LogP contribution in [0.3, 0.4) is 0 Å². The molecule has 0 aliphatic rings. The van der Waals surface area contributed by atoms with E-state index in [-0.39, 0.29) is 11.3 Å². The Kier molecular flexibility index (Phi) is 3.76. The highest BCUT2D eigenvalue weighted by molar-refractivity contribution is 6.01. The van der Waals surface area contributed by atoms with E-state index >= 15 is 0 Å². The van der Waals surface area contributed by atoms with Gasteiger partial charge in [-0.1, -0.05) is 24.3 Å². The van der Waals surface area contributed by atoms with Crippen molar-refractivity contribution < 1.29 is 18.7 Å². The van der Waals surface area contributed by atoms with Gasteiger partial charge in [0.1, 0.15) is 5.75 Å². The van der Waals surface area contributed by atoms with Gasteiger partial charge < -0.3 is 10.5 Å². The molecule has 0 atom stereocenters. The summed E-state index contributed by atoms with van der Waals surface area (Å²) in [4.78, 5) is 22.2. The van der Waals surface area contributed by atoms with Crippen LogP contribution in [0.5, 0.6) is 11.5 Å². The maximum absolute atomic E-state index is 14.1. The lowest BCUT2D eigenvalue weighted by Crippen LogP contribution is -2.11. The van der Waals surface area contributed by atoms with Crippen LogP contribution in [0.4, 0.5) is 4.39 Å². The Labute approximate surface area is 131 Å². The van der Waals surface area contributed by atoms with Gasteiger partial charge in [-0.2, -0.15) is 0 Å². The maximum Gasteiger partial charge on any atom is 0.248 e. The average molecular weight is 309 g/mol. The highest BCUT2D eigenvalue weighted by Crippen LogP contribution is 2.32. The molecule has 0 saturated heterocycles. The predicted molar refractivity (Wildman–Crippen MR) is 84.3 cm³/mol. The van der Waals surface area contributed by atoms with Gasteiger partial charge in [-0.05, 0) is 35.7 Å². The predicted octanol–water partition coefficient (Wildman–Crippen LogP) is 3.68. The van der Waals surface area contributed by atoms with Crippen molar-refractivity contribution in [3.05, 3.63) is 71.5 Å². The lowest BCUT2D eigenvalue weighted by molar-refractivity contribution is 0.0999. The molecule has 0 fully saturated rings. The van der Waals surface area contributed by atoms with Crippen molar-refractivity contribution in [3.63, 3.8) is 0 Å². The number of amides is 1. The normalized spacial score (nSPS) is 10.5. The van der Waals surface area contributed by atoms with Crippen LogP contribution in [-0.2, 0) is 0 Å². The smallest absolute Gasteiger partial charge is 0.248 e. The second-order valence-corrected chi connectivity index (χ2v) is 4.93. The fourth-order valence-electron chi connectivity index (χ4n) is 2.34. The van der Waals surface area contributed by atoms with Gasteiger partial charge in [0.15, 0.2) is 17.9 Å². The van der Waals surface area contributed by atoms with E-state index in [1.807, 2.05) is 0 Å². The summed E-state index contributed by atoms with van der Waals surface area (Å²) in [6, 6.07) is 14.2. The molecule has 3 aromatic carbocycles. The maximum atomic E-state index is 14.1. The van der Waals surface area contributed by atoms with Gasteiger partial charge in [-0.25, -0.2) is 4.39 Å². The Balaban J connectivity index is 2.06. The van der Waals surface area contributed by atoms with Gasteiger partial charge in [-0.15, -0.1) is 0 Å². The molecule has 114 valence electrons. The van der Waals surface area contributed by atoms with E-state index in [1.54, 1.807) is 36.4 Å². The van der Waals surface area contributed by atoms with Crippen molar-refractivity contribution >= 4 is 23.0 Å². The minimum absolute atomic E-state index is 0.0287. The molecule has 0 heterocycles. The molecule has 3 aromatic rings. The van der Waals surface area contributed by atoms with E-state index in [0.29, 0.717) is 22.1 Å². The zero-order chi connectivity index (χ0) is 16.4. The molecule has 3 rings (SSSR count). The molecule has 1 amide bonds. The van der Waals surface area contributed by atoms with Crippen molar-refractivity contribution in [2.45, 2.75) is 0 Å². The molecule has 0 saturated carbocycles. The van der Waals surface area contributed by atoms with Crippen molar-refractivity contribution in [2.75, 3.05) is 0 Å². The largest absolute Gasteiger partial charge is 0.454 e. The molecule has 0 aliphatic carbocycles. The van der Waals surface area contributed by atoms with Crippen LogP contribution >= 0.6 is 0 Å². The monoisotopic (exact) mass is 309 g/mol. The molecule has 23 heavy (non-hydrogen) atoms. The summed E-state index contributed by atoms with van der Waals surface area (Å²) < 4.78 is 19.7. The quantitative estimate of drug-likeness (QED) is 0.747. The third-order valence-corrected chi connectivity index (χ3v) is 3.48. The van der Waals surface area contributed by atoms with Crippen molar-refractivity contribution in [1.82, 2.24) is 0 Å². The number of halogens is 1. The van der Waals surface area contributed by atoms with E-state index in [4.69, 9.17) is 10.5 Å². The third-order valence-electron chi connectivity index (χ3n) is 3.48. The van der Waals surface area contributed by atoms with Gasteiger partial charge in [0.2, 0.25) is 5.91 Å². The minimum atomic E-state index is -0.712. The Hall–Kier alpha value is -3.21. The number of rotatable bonds is 4. The first-order valence-electron chi connectivity index (χ1n) is 6.84. The summed E-state index contributed by atoms with van der Waals surface area (Å²) in [5.74, 6) is -1.02. The number of fused-ring (bicyclic) bond motifs is 1. The number of hydrogen-bond donors (Lipinski definition) is 1. The number of hydrogen-bond acceptors (Lipinski definition) is 3. The highest BCUT2D eigenvalue weighted by Gasteiger charge is 2.12. The van der Waals surface area contributed by atoms with Crippen LogP contribution in [0.1, 0.15) is 20.7 Å². The van der Waals surface area contributed by atoms with E-state index < -0.39 is 11.7 Å². The molecule has 0 spiro atoms. The third kappa shape index (κ3) is 2.76. The van der Waals surface area contributed by atoms with E-state index in [2.05, 4.69) is 0 Å². The van der Waals surface area contributed by atoms with Crippen LogP contribution < -0.4 is 10.5 Å². The molecule has 0 radical (unpaired) electrons. The number of aldehydes is 1. The lowest BCUT2D eigenvalue weighted by Gasteiger charge is -2.11. The molecule has 4 nitrogen and oxygen atoms in total. The second-order valence-electron chi connectivity index (χ2n) is 4.93. The first kappa shape index (κ1) is 14.7. The van der Waals surface area contributed by atoms with Gasteiger partial charge in [0.25, 0.3) is 0 Å². The first-order chi connectivity index (χ1) is 11.1. The first-order valence-corrected chi connectivity index (χ1v) is 6.84. The van der Waals surface area contributed by atoms with E-state index in [9.17, 15) is 14.0 Å². The number of ether oxygens (including phenoxy) is 1. The lowest BCUT2D eigenvalue weighted by atomic mass is 10.0. The van der Waals surface area contributed by atoms with Crippen molar-refractivity contribution in [1.29, 1.82) is 0 Å². The molecule has 0 unspecified atom stereocenters. The molecule has 0 bridgehead atoms. The summed E-state index contributed by atoms with van der Waals surface area (Å²) in [5, 5.41) is 1.41. The Morgan fingerprint density at radius 1 is 1.00 bits per heavy atom. The summed E-state index contributed by atoms with van der Waals surface area (Å²) in [5.41, 5.74) is 5.70. The zero-order valence-corrected chi connectivity index (χ0v) is 12.0. The van der Waals surface area contributed by atoms with Gasteiger partial charge in [0, 0.05) is 16.5 Å². The van der Waals surface area contributed by atoms with Gasteiger partial charge in [-0.3, -0.25) is 9.59 Å². The number of carbonyl (C=O) groups excluding carboxylic acids is 2. The Bertz CT molecular complexity index is 921. The van der Waals surface area contributed by atoms with Gasteiger partial charge in [0.05, 0.1) is 0 Å². The van der Waals surface area contributed by atoms with Crippen molar-refractivity contribution in [2.24, 2.45) is 5.73 Å². The van der Waals surface area contributed by atoms with E-state index in [0.717, 1.165) is 12.4 Å². The zero-order valence-electron chi connectivity index (χ0n) is 12.0. The van der Waals surface area contributed by atoms with Crippen LogP contribution in [-0.4, -0.2) is 12.2 Å². The van der Waals surface area contributed by atoms with E-state index in [1.165, 1.54) is 12.1 Å². The number of primary amides is 1. The summed E-state index contributed by atoms with van der Waals surface area (Å²) >= 11 is 0. The number of nitrogens with two attached hydrogens (primary N) is 1. The van der Waals surface area contributed by atoms with Crippen LogP contribution in [0, 0.1) is 5.82 Å². The SMILES string of the molecule is NC(=O)c1ccc(Oc2ccc(C=O)c3ccccc23)c(F)c1. The topological polar surface area (TPSA) is 69.4 Å². The molecule has 5 heteroatoms. The van der Waals surface area contributed by atoms with Crippen LogP contribution in [0.2, 0.25) is 0 Å². The number of benzene rings is 3. The molecule has 0 aliphatic heterocycles. The average Bonchev–Trinajstić information content (AvgIpc) is 2.56. The molecular formula is C18H12FNO3. The molecule has 0 aromatic heterocycles. The standard InChI is InChI=1S/C18H12FNO3/c19-15-9-11(18(20)22)5-8-17(15)23-16-7-6-12(10-21)13-3-1-2-4-14(13)16/h1-10H,(H2,20,22). The van der Waals surface area contributed by atoms with Crippen LogP contribution in [0.15, 0.2) is 54.6 Å². The minimum Gasteiger partial charge on any atom is -0.454 e. The molecular weight excluding hydrogens is 297 g/mol. The summed E-state index contributed by atoms with van der Waals surface area (Å²) in [7, 11) is 0. The highest BCUT2D eigenvalue weighted by atomic mass is 19.1. The summed E-state index contributed by atoms with van der Waals surface area (Å²) in [6.45, 7) is 0. The summed E-state index contributed by atoms with van der Waals surface area (Å²) in [6.07, 6.45) is 0.758. The Morgan fingerprint density at radius 3 is 2.35 bits per heavy atom. The second kappa shape index (κ2) is 5.88. The molecule has 2 N–H and O–H groups in total. The van der Waals surface area contributed by atoms with Crippen molar-refractivity contribution in [3.8, 4) is 11.5 Å². The fourth-order valence-corrected chi connectivity index (χ4v) is 2.34. The fraction of sp³-hybridized carbons (Fsp3) is 0. The number of carbonyl (C=O) groups is 2. The van der Waals surface area contributed by atoms with Gasteiger partial charge >= 0.3 is 0 Å². The Morgan fingerprint density at radius 2 is 1.70 bits per heavy atom. The van der Waals surface area contributed by atoms with Crippen LogP contribution in [0.25, 0.3) is 10.8 Å².